The molecule has 1 atom stereocenters. The smallest absolute Gasteiger partial charge is 0.339 e. The molecule has 140 valence electrons. The molecular formula is C21H22N2O3S. The van der Waals surface area contributed by atoms with Crippen molar-refractivity contribution in [1.82, 2.24) is 10.3 Å². The maximum absolute atomic E-state index is 12.8. The number of rotatable bonds is 7. The number of aromatic nitrogens is 1. The van der Waals surface area contributed by atoms with Gasteiger partial charge in [0.25, 0.3) is 0 Å². The van der Waals surface area contributed by atoms with Crippen LogP contribution in [0.25, 0.3) is 0 Å². The summed E-state index contributed by atoms with van der Waals surface area (Å²) in [6.07, 6.45) is 0. The Labute approximate surface area is 162 Å². The van der Waals surface area contributed by atoms with Gasteiger partial charge in [-0.15, -0.1) is 11.3 Å². The van der Waals surface area contributed by atoms with E-state index in [1.54, 1.807) is 25.2 Å². The van der Waals surface area contributed by atoms with E-state index in [1.165, 1.54) is 7.11 Å². The second-order valence-electron chi connectivity index (χ2n) is 6.28. The van der Waals surface area contributed by atoms with E-state index in [2.05, 4.69) is 16.4 Å². The van der Waals surface area contributed by atoms with Crippen molar-refractivity contribution in [1.29, 1.82) is 0 Å². The molecule has 3 aromatic rings. The first-order valence-corrected chi connectivity index (χ1v) is 9.53. The number of benzene rings is 1. The Morgan fingerprint density at radius 1 is 1.15 bits per heavy atom. The van der Waals surface area contributed by atoms with Crippen molar-refractivity contribution in [3.05, 3.63) is 80.8 Å². The monoisotopic (exact) mass is 382 g/mol. The lowest BCUT2D eigenvalue weighted by Crippen LogP contribution is -2.28. The maximum atomic E-state index is 12.8. The minimum absolute atomic E-state index is 0.0633. The zero-order valence-electron chi connectivity index (χ0n) is 15.5. The fourth-order valence-corrected chi connectivity index (χ4v) is 4.03. The summed E-state index contributed by atoms with van der Waals surface area (Å²) >= 11 is 1.65. The van der Waals surface area contributed by atoms with Gasteiger partial charge in [-0.25, -0.2) is 4.79 Å². The molecule has 3 rings (SSSR count). The van der Waals surface area contributed by atoms with E-state index in [4.69, 9.17) is 4.74 Å². The average Bonchev–Trinajstić information content (AvgIpc) is 3.30. The van der Waals surface area contributed by atoms with Gasteiger partial charge in [-0.1, -0.05) is 36.4 Å². The highest BCUT2D eigenvalue weighted by atomic mass is 32.1. The average molecular weight is 382 g/mol. The Hall–Kier alpha value is -2.70. The highest BCUT2D eigenvalue weighted by Crippen LogP contribution is 2.26. The van der Waals surface area contributed by atoms with Gasteiger partial charge < -0.3 is 9.72 Å². The number of aryl methyl sites for hydroxylation is 1. The molecule has 0 spiro atoms. The van der Waals surface area contributed by atoms with Crippen molar-refractivity contribution in [2.45, 2.75) is 19.9 Å². The van der Waals surface area contributed by atoms with Gasteiger partial charge in [-0.3, -0.25) is 10.1 Å². The number of ether oxygens (including phenoxy) is 1. The van der Waals surface area contributed by atoms with Crippen LogP contribution in [0, 0.1) is 13.8 Å². The first-order chi connectivity index (χ1) is 13.0. The topological polar surface area (TPSA) is 71.2 Å². The molecule has 2 heterocycles. The maximum Gasteiger partial charge on any atom is 0.339 e. The Balaban J connectivity index is 1.80. The number of ketones is 1. The van der Waals surface area contributed by atoms with Gasteiger partial charge in [0.1, 0.15) is 0 Å². The molecule has 2 aromatic heterocycles. The SMILES string of the molecule is COC(=O)c1c(C)[nH]c(C(=O)CN[C@@H](c2ccccc2)c2cccs2)c1C. The minimum atomic E-state index is -0.436. The van der Waals surface area contributed by atoms with Crippen LogP contribution in [0.15, 0.2) is 47.8 Å². The van der Waals surface area contributed by atoms with Gasteiger partial charge in [-0.05, 0) is 36.4 Å². The fraction of sp³-hybridized carbons (Fsp3) is 0.238. The summed E-state index contributed by atoms with van der Waals surface area (Å²) in [5.74, 6) is -0.530. The van der Waals surface area contributed by atoms with Gasteiger partial charge in [0.15, 0.2) is 5.78 Å². The number of H-pyrrole nitrogens is 1. The Morgan fingerprint density at radius 3 is 2.52 bits per heavy atom. The molecule has 5 nitrogen and oxygen atoms in total. The second kappa shape index (κ2) is 8.33. The number of hydrogen-bond donors (Lipinski definition) is 2. The van der Waals surface area contributed by atoms with Crippen molar-refractivity contribution in [2.75, 3.05) is 13.7 Å². The summed E-state index contributed by atoms with van der Waals surface area (Å²) in [4.78, 5) is 28.9. The Kier molecular flexibility index (Phi) is 5.88. The third-order valence-corrected chi connectivity index (χ3v) is 5.47. The van der Waals surface area contributed by atoms with Crippen LogP contribution in [0.2, 0.25) is 0 Å². The summed E-state index contributed by atoms with van der Waals surface area (Å²) < 4.78 is 4.81. The Bertz CT molecular complexity index is 930. The zero-order chi connectivity index (χ0) is 19.4. The second-order valence-corrected chi connectivity index (χ2v) is 7.26. The quantitative estimate of drug-likeness (QED) is 0.478. The van der Waals surface area contributed by atoms with Crippen molar-refractivity contribution < 1.29 is 14.3 Å². The predicted octanol–water partition coefficient (Wildman–Crippen LogP) is 4.04. The summed E-state index contributed by atoms with van der Waals surface area (Å²) in [5, 5.41) is 5.38. The lowest BCUT2D eigenvalue weighted by molar-refractivity contribution is 0.0599. The minimum Gasteiger partial charge on any atom is -0.465 e. The summed E-state index contributed by atoms with van der Waals surface area (Å²) in [6, 6.07) is 14.0. The summed E-state index contributed by atoms with van der Waals surface area (Å²) in [6.45, 7) is 3.68. The number of Topliss-reactive ketones (excluding diaryl/α,β-unsaturated/α-hetero) is 1. The van der Waals surface area contributed by atoms with Gasteiger partial charge >= 0.3 is 5.97 Å². The van der Waals surface area contributed by atoms with E-state index in [0.717, 1.165) is 10.4 Å². The highest BCUT2D eigenvalue weighted by molar-refractivity contribution is 7.10. The summed E-state index contributed by atoms with van der Waals surface area (Å²) in [5.41, 5.74) is 3.23. The van der Waals surface area contributed by atoms with E-state index >= 15 is 0 Å². The van der Waals surface area contributed by atoms with Crippen LogP contribution < -0.4 is 5.32 Å². The fourth-order valence-electron chi connectivity index (χ4n) is 3.20. The first-order valence-electron chi connectivity index (χ1n) is 8.65. The van der Waals surface area contributed by atoms with Crippen molar-refractivity contribution >= 4 is 23.1 Å². The summed E-state index contributed by atoms with van der Waals surface area (Å²) in [7, 11) is 1.34. The molecule has 2 N–H and O–H groups in total. The third-order valence-electron chi connectivity index (χ3n) is 4.53. The number of aromatic amines is 1. The largest absolute Gasteiger partial charge is 0.465 e. The zero-order valence-corrected chi connectivity index (χ0v) is 16.4. The van der Waals surface area contributed by atoms with Gasteiger partial charge in [0.2, 0.25) is 0 Å². The number of thiophene rings is 1. The molecule has 0 saturated heterocycles. The van der Waals surface area contributed by atoms with E-state index in [-0.39, 0.29) is 18.4 Å². The standard InChI is InChI=1S/C21H22N2O3S/c1-13-18(21(25)26-3)14(2)23-19(13)16(24)12-22-20(17-10-7-11-27-17)15-8-5-4-6-9-15/h4-11,20,22-23H,12H2,1-3H3/t20-/m0/s1. The van der Waals surface area contributed by atoms with Gasteiger partial charge in [0.05, 0.1) is 31.0 Å². The molecule has 0 aliphatic carbocycles. The van der Waals surface area contributed by atoms with Crippen LogP contribution in [0.4, 0.5) is 0 Å². The highest BCUT2D eigenvalue weighted by Gasteiger charge is 2.23. The molecule has 0 amide bonds. The normalized spacial score (nSPS) is 12.0. The van der Waals surface area contributed by atoms with Crippen molar-refractivity contribution in [2.24, 2.45) is 0 Å². The van der Waals surface area contributed by atoms with Crippen molar-refractivity contribution in [3.8, 4) is 0 Å². The van der Waals surface area contributed by atoms with Crippen LogP contribution in [-0.2, 0) is 4.74 Å². The predicted molar refractivity (Wildman–Crippen MR) is 107 cm³/mol. The molecule has 0 saturated carbocycles. The molecule has 27 heavy (non-hydrogen) atoms. The number of methoxy groups -OCH3 is 1. The molecular weight excluding hydrogens is 360 g/mol. The number of carbonyl (C=O) groups is 2. The van der Waals surface area contributed by atoms with Gasteiger partial charge in [-0.2, -0.15) is 0 Å². The molecule has 6 heteroatoms. The molecule has 1 aromatic carbocycles. The number of esters is 1. The number of nitrogens with one attached hydrogen (secondary N) is 2. The molecule has 0 unspecified atom stereocenters. The van der Waals surface area contributed by atoms with Gasteiger partial charge in [0, 0.05) is 10.6 Å². The molecule has 0 fully saturated rings. The third kappa shape index (κ3) is 4.02. The van der Waals surface area contributed by atoms with E-state index in [1.807, 2.05) is 41.8 Å². The molecule has 0 aliphatic heterocycles. The first kappa shape index (κ1) is 19.1. The van der Waals surface area contributed by atoms with Crippen LogP contribution in [0.3, 0.4) is 0 Å². The van der Waals surface area contributed by atoms with E-state index in [0.29, 0.717) is 22.5 Å². The number of carbonyl (C=O) groups excluding carboxylic acids is 2. The van der Waals surface area contributed by atoms with Crippen LogP contribution in [-0.4, -0.2) is 30.4 Å². The lowest BCUT2D eigenvalue weighted by Gasteiger charge is -2.17. The van der Waals surface area contributed by atoms with Crippen LogP contribution in [0.5, 0.6) is 0 Å². The van der Waals surface area contributed by atoms with E-state index < -0.39 is 5.97 Å². The van der Waals surface area contributed by atoms with Crippen LogP contribution in [0.1, 0.15) is 48.6 Å². The van der Waals surface area contributed by atoms with Crippen molar-refractivity contribution in [3.63, 3.8) is 0 Å². The molecule has 0 radical (unpaired) electrons. The number of hydrogen-bond acceptors (Lipinski definition) is 5. The lowest BCUT2D eigenvalue weighted by atomic mass is 10.0. The van der Waals surface area contributed by atoms with Crippen LogP contribution >= 0.6 is 11.3 Å². The van der Waals surface area contributed by atoms with E-state index in [9.17, 15) is 9.59 Å². The molecule has 0 aliphatic rings. The molecule has 0 bridgehead atoms. The Morgan fingerprint density at radius 2 is 1.89 bits per heavy atom.